The van der Waals surface area contributed by atoms with Crippen molar-refractivity contribution in [3.63, 3.8) is 0 Å². The second-order valence-electron chi connectivity index (χ2n) is 8.19. The highest BCUT2D eigenvalue weighted by Gasteiger charge is 2.50. The lowest BCUT2D eigenvalue weighted by Crippen LogP contribution is -2.42. The van der Waals surface area contributed by atoms with E-state index in [1.54, 1.807) is 0 Å². The first-order chi connectivity index (χ1) is 14.2. The summed E-state index contributed by atoms with van der Waals surface area (Å²) < 4.78 is 16.5. The van der Waals surface area contributed by atoms with E-state index in [0.717, 1.165) is 30.7 Å². The first kappa shape index (κ1) is 24.1. The summed E-state index contributed by atoms with van der Waals surface area (Å²) in [5.74, 6) is -1.26. The molecule has 4 atom stereocenters. The third-order valence-electron chi connectivity index (χ3n) is 6.08. The highest BCUT2D eigenvalue weighted by Crippen LogP contribution is 2.45. The van der Waals surface area contributed by atoms with Gasteiger partial charge >= 0.3 is 17.9 Å². The molecule has 7 heteroatoms. The highest BCUT2D eigenvalue weighted by molar-refractivity contribution is 5.91. The standard InChI is InChI=1S/C23H35NO6/c1-7-24(8-2)13-19(26)30-22-20(14(3)10-9-11-28-17(6)25)15(4)12-18-21(22)16(5)23(27)29-18/h14,18,21-22H,5,7-13H2,1-4,6H3/t14-,18+,21+,22+/m0/s1. The maximum absolute atomic E-state index is 12.7. The Bertz CT molecular complexity index is 708. The Hall–Kier alpha value is -2.15. The van der Waals surface area contributed by atoms with Crippen LogP contribution in [0.1, 0.15) is 53.9 Å². The van der Waals surface area contributed by atoms with Gasteiger partial charge < -0.3 is 14.2 Å². The predicted molar refractivity (Wildman–Crippen MR) is 113 cm³/mol. The number of likely N-dealkylation sites (N-methyl/N-ethyl adjacent to an activating group) is 1. The second-order valence-corrected chi connectivity index (χ2v) is 8.19. The molecule has 1 aliphatic heterocycles. The average molecular weight is 422 g/mol. The van der Waals surface area contributed by atoms with Crippen LogP contribution < -0.4 is 0 Å². The largest absolute Gasteiger partial charge is 0.466 e. The molecule has 0 amide bonds. The molecule has 0 bridgehead atoms. The van der Waals surface area contributed by atoms with E-state index in [2.05, 4.69) is 13.5 Å². The van der Waals surface area contributed by atoms with Gasteiger partial charge in [0, 0.05) is 18.9 Å². The quantitative estimate of drug-likeness (QED) is 0.176. The molecule has 0 unspecified atom stereocenters. The Labute approximate surface area is 179 Å². The normalized spacial score (nSPS) is 24.5. The molecule has 1 heterocycles. The Morgan fingerprint density at radius 3 is 2.57 bits per heavy atom. The van der Waals surface area contributed by atoms with Crippen molar-refractivity contribution in [1.29, 1.82) is 0 Å². The van der Waals surface area contributed by atoms with Crippen molar-refractivity contribution in [2.24, 2.45) is 11.8 Å². The van der Waals surface area contributed by atoms with Gasteiger partial charge in [0.2, 0.25) is 0 Å². The van der Waals surface area contributed by atoms with Gasteiger partial charge in [-0.05, 0) is 44.3 Å². The molecule has 7 nitrogen and oxygen atoms in total. The number of nitrogens with zero attached hydrogens (tertiary/aromatic N) is 1. The second kappa shape index (κ2) is 10.8. The first-order valence-electron chi connectivity index (χ1n) is 10.8. The molecule has 0 aromatic rings. The van der Waals surface area contributed by atoms with Gasteiger partial charge in [0.05, 0.1) is 19.1 Å². The van der Waals surface area contributed by atoms with Crippen LogP contribution in [0, 0.1) is 11.8 Å². The van der Waals surface area contributed by atoms with E-state index < -0.39 is 12.1 Å². The van der Waals surface area contributed by atoms with Gasteiger partial charge in [-0.2, -0.15) is 0 Å². The van der Waals surface area contributed by atoms with E-state index in [-0.39, 0.29) is 36.4 Å². The lowest BCUT2D eigenvalue weighted by Gasteiger charge is -2.37. The summed E-state index contributed by atoms with van der Waals surface area (Å²) in [4.78, 5) is 37.9. The van der Waals surface area contributed by atoms with Crippen LogP contribution in [0.3, 0.4) is 0 Å². The molecule has 1 saturated heterocycles. The van der Waals surface area contributed by atoms with Gasteiger partial charge in [0.25, 0.3) is 0 Å². The van der Waals surface area contributed by atoms with Gasteiger partial charge in [-0.15, -0.1) is 0 Å². The molecular weight excluding hydrogens is 386 g/mol. The zero-order valence-electron chi connectivity index (χ0n) is 18.9. The molecule has 0 aromatic heterocycles. The zero-order valence-corrected chi connectivity index (χ0v) is 18.9. The van der Waals surface area contributed by atoms with Crippen LogP contribution in [0.15, 0.2) is 23.3 Å². The molecule has 30 heavy (non-hydrogen) atoms. The van der Waals surface area contributed by atoms with Gasteiger partial charge in [0.1, 0.15) is 12.2 Å². The third-order valence-corrected chi connectivity index (χ3v) is 6.08. The summed E-state index contributed by atoms with van der Waals surface area (Å²) in [6.07, 6.45) is 1.20. The molecule has 0 aromatic carbocycles. The van der Waals surface area contributed by atoms with Gasteiger partial charge in [0.15, 0.2) is 0 Å². The molecule has 0 radical (unpaired) electrons. The van der Waals surface area contributed by atoms with Crippen molar-refractivity contribution in [3.8, 4) is 0 Å². The van der Waals surface area contributed by atoms with Crippen LogP contribution in [0.2, 0.25) is 0 Å². The van der Waals surface area contributed by atoms with E-state index in [9.17, 15) is 14.4 Å². The Morgan fingerprint density at radius 1 is 1.30 bits per heavy atom. The van der Waals surface area contributed by atoms with E-state index in [0.29, 0.717) is 25.0 Å². The van der Waals surface area contributed by atoms with Gasteiger partial charge in [-0.3, -0.25) is 14.5 Å². The Balaban J connectivity index is 2.21. The number of ether oxygens (including phenoxy) is 3. The minimum atomic E-state index is -0.561. The number of hydrogen-bond acceptors (Lipinski definition) is 7. The molecule has 1 aliphatic carbocycles. The Morgan fingerprint density at radius 2 is 1.97 bits per heavy atom. The summed E-state index contributed by atoms with van der Waals surface area (Å²) in [7, 11) is 0. The molecule has 0 saturated carbocycles. The molecule has 2 aliphatic rings. The minimum Gasteiger partial charge on any atom is -0.466 e. The molecular formula is C23H35NO6. The number of carbonyl (C=O) groups is 3. The zero-order chi connectivity index (χ0) is 22.4. The van der Waals surface area contributed by atoms with Gasteiger partial charge in [-0.1, -0.05) is 32.9 Å². The number of fused-ring (bicyclic) bond motifs is 1. The van der Waals surface area contributed by atoms with Crippen molar-refractivity contribution < 1.29 is 28.6 Å². The molecule has 2 rings (SSSR count). The van der Waals surface area contributed by atoms with E-state index in [1.165, 1.54) is 6.92 Å². The van der Waals surface area contributed by atoms with E-state index in [4.69, 9.17) is 14.2 Å². The van der Waals surface area contributed by atoms with Gasteiger partial charge in [-0.25, -0.2) is 4.79 Å². The van der Waals surface area contributed by atoms with Crippen LogP contribution in [-0.2, 0) is 28.6 Å². The summed E-state index contributed by atoms with van der Waals surface area (Å²) in [6, 6.07) is 0. The van der Waals surface area contributed by atoms with Crippen molar-refractivity contribution >= 4 is 17.9 Å². The summed E-state index contributed by atoms with van der Waals surface area (Å²) >= 11 is 0. The number of esters is 3. The number of carbonyl (C=O) groups excluding carboxylic acids is 3. The van der Waals surface area contributed by atoms with Crippen LogP contribution in [0.5, 0.6) is 0 Å². The van der Waals surface area contributed by atoms with Crippen LogP contribution >= 0.6 is 0 Å². The fraction of sp³-hybridized carbons (Fsp3) is 0.696. The molecule has 1 fully saturated rings. The van der Waals surface area contributed by atoms with Crippen molar-refractivity contribution in [3.05, 3.63) is 23.3 Å². The van der Waals surface area contributed by atoms with Crippen LogP contribution in [0.4, 0.5) is 0 Å². The fourth-order valence-corrected chi connectivity index (χ4v) is 4.46. The molecule has 0 spiro atoms. The van der Waals surface area contributed by atoms with E-state index in [1.807, 2.05) is 25.7 Å². The maximum Gasteiger partial charge on any atom is 0.334 e. The lowest BCUT2D eigenvalue weighted by molar-refractivity contribution is -0.152. The third kappa shape index (κ3) is 5.72. The number of hydrogen-bond donors (Lipinski definition) is 0. The maximum atomic E-state index is 12.7. The topological polar surface area (TPSA) is 82.1 Å². The molecule has 0 N–H and O–H groups in total. The Kier molecular flexibility index (Phi) is 8.65. The summed E-state index contributed by atoms with van der Waals surface area (Å²) in [5.41, 5.74) is 2.49. The summed E-state index contributed by atoms with van der Waals surface area (Å²) in [6.45, 7) is 15.5. The van der Waals surface area contributed by atoms with Crippen molar-refractivity contribution in [2.45, 2.75) is 66.1 Å². The smallest absolute Gasteiger partial charge is 0.334 e. The van der Waals surface area contributed by atoms with E-state index >= 15 is 0 Å². The SMILES string of the molecule is C=C1C(=O)O[C@@H]2CC(C)=C([C@@H](C)CCCOC(C)=O)[C@@H](OC(=O)CN(CC)CC)[C@H]12. The average Bonchev–Trinajstić information content (AvgIpc) is 2.96. The first-order valence-corrected chi connectivity index (χ1v) is 10.8. The molecule has 168 valence electrons. The van der Waals surface area contributed by atoms with Crippen molar-refractivity contribution in [1.82, 2.24) is 4.90 Å². The van der Waals surface area contributed by atoms with Crippen molar-refractivity contribution in [2.75, 3.05) is 26.2 Å². The fourth-order valence-electron chi connectivity index (χ4n) is 4.46. The highest BCUT2D eigenvalue weighted by atomic mass is 16.6. The number of rotatable bonds is 10. The predicted octanol–water partition coefficient (Wildman–Crippen LogP) is 3.04. The van der Waals surface area contributed by atoms with Crippen LogP contribution in [0.25, 0.3) is 0 Å². The summed E-state index contributed by atoms with van der Waals surface area (Å²) in [5, 5.41) is 0. The van der Waals surface area contributed by atoms with Crippen LogP contribution in [-0.4, -0.2) is 61.3 Å². The minimum absolute atomic E-state index is 0.108. The monoisotopic (exact) mass is 421 g/mol. The lowest BCUT2D eigenvalue weighted by atomic mass is 9.73.